The van der Waals surface area contributed by atoms with Gasteiger partial charge in [0.15, 0.2) is 0 Å². The normalized spacial score (nSPS) is 10.5. The number of hydrogen-bond donors (Lipinski definition) is 1. The number of pyridine rings is 1. The topological polar surface area (TPSA) is 69.7 Å². The van der Waals surface area contributed by atoms with Gasteiger partial charge in [-0.15, -0.1) is 0 Å². The summed E-state index contributed by atoms with van der Waals surface area (Å²) in [6.07, 6.45) is 0. The smallest absolute Gasteiger partial charge is 0.256 e. The van der Waals surface area contributed by atoms with Crippen LogP contribution in [-0.4, -0.2) is 32.2 Å². The Bertz CT molecular complexity index is 1250. The number of hydrogen-bond acceptors (Lipinski definition) is 5. The Balaban J connectivity index is 1.83. The second-order valence-corrected chi connectivity index (χ2v) is 6.79. The van der Waals surface area contributed by atoms with Crippen LogP contribution in [0.15, 0.2) is 72.8 Å². The minimum absolute atomic E-state index is 0.253. The van der Waals surface area contributed by atoms with Crippen molar-refractivity contribution in [2.75, 3.05) is 26.6 Å². The van der Waals surface area contributed by atoms with Gasteiger partial charge in [0.25, 0.3) is 5.91 Å². The van der Waals surface area contributed by atoms with E-state index in [4.69, 9.17) is 19.2 Å². The summed E-state index contributed by atoms with van der Waals surface area (Å²) < 4.78 is 16.2. The van der Waals surface area contributed by atoms with Crippen molar-refractivity contribution in [2.45, 2.75) is 0 Å². The average Bonchev–Trinajstić information content (AvgIpc) is 2.83. The van der Waals surface area contributed by atoms with E-state index in [0.29, 0.717) is 39.7 Å². The number of aromatic nitrogens is 1. The molecule has 0 aliphatic heterocycles. The van der Waals surface area contributed by atoms with Crippen molar-refractivity contribution in [2.24, 2.45) is 0 Å². The fraction of sp³-hybridized carbons (Fsp3) is 0.120. The zero-order valence-corrected chi connectivity index (χ0v) is 17.5. The molecule has 0 bridgehead atoms. The van der Waals surface area contributed by atoms with Crippen LogP contribution in [0.5, 0.6) is 17.2 Å². The standard InChI is InChI=1S/C25H22N2O4/c1-29-16-12-13-18(24(14-16)31-3)22-15-19(17-8-4-5-9-20(17)26-22)25(28)27-21-10-6-7-11-23(21)30-2/h4-15H,1-3H3,(H,27,28). The molecule has 0 atom stereocenters. The van der Waals surface area contributed by atoms with Crippen LogP contribution in [0.1, 0.15) is 10.4 Å². The van der Waals surface area contributed by atoms with Gasteiger partial charge in [-0.1, -0.05) is 30.3 Å². The van der Waals surface area contributed by atoms with Crippen LogP contribution in [0.2, 0.25) is 0 Å². The highest BCUT2D eigenvalue weighted by Crippen LogP contribution is 2.34. The van der Waals surface area contributed by atoms with Crippen molar-refractivity contribution >= 4 is 22.5 Å². The summed E-state index contributed by atoms with van der Waals surface area (Å²) in [5.74, 6) is 1.62. The number of amides is 1. The van der Waals surface area contributed by atoms with Gasteiger partial charge in [0, 0.05) is 17.0 Å². The fourth-order valence-corrected chi connectivity index (χ4v) is 3.45. The SMILES string of the molecule is COc1ccc(-c2cc(C(=O)Nc3ccccc3OC)c3ccccc3n2)c(OC)c1. The van der Waals surface area contributed by atoms with Crippen molar-refractivity contribution in [3.05, 3.63) is 78.4 Å². The fourth-order valence-electron chi connectivity index (χ4n) is 3.45. The van der Waals surface area contributed by atoms with Crippen LogP contribution >= 0.6 is 0 Å². The summed E-state index contributed by atoms with van der Waals surface area (Å²) >= 11 is 0. The van der Waals surface area contributed by atoms with E-state index in [-0.39, 0.29) is 5.91 Å². The molecule has 0 radical (unpaired) electrons. The Hall–Kier alpha value is -4.06. The molecule has 0 unspecified atom stereocenters. The van der Waals surface area contributed by atoms with Crippen molar-refractivity contribution in [3.63, 3.8) is 0 Å². The molecule has 1 heterocycles. The molecule has 6 nitrogen and oxygen atoms in total. The first-order chi connectivity index (χ1) is 15.1. The quantitative estimate of drug-likeness (QED) is 0.471. The lowest BCUT2D eigenvalue weighted by Crippen LogP contribution is -2.13. The number of rotatable bonds is 6. The van der Waals surface area contributed by atoms with E-state index < -0.39 is 0 Å². The molecule has 156 valence electrons. The number of carbonyl (C=O) groups is 1. The maximum absolute atomic E-state index is 13.3. The third-order valence-electron chi connectivity index (χ3n) is 5.00. The Morgan fingerprint density at radius 1 is 0.806 bits per heavy atom. The number of nitrogens with zero attached hydrogens (tertiary/aromatic N) is 1. The molecule has 0 saturated carbocycles. The molecule has 0 aliphatic rings. The third-order valence-corrected chi connectivity index (χ3v) is 5.00. The van der Waals surface area contributed by atoms with Gasteiger partial charge >= 0.3 is 0 Å². The van der Waals surface area contributed by atoms with Crippen molar-refractivity contribution in [3.8, 4) is 28.5 Å². The molecule has 6 heteroatoms. The third kappa shape index (κ3) is 4.00. The number of carbonyl (C=O) groups excluding carboxylic acids is 1. The molecule has 31 heavy (non-hydrogen) atoms. The average molecular weight is 414 g/mol. The molecule has 1 N–H and O–H groups in total. The number of benzene rings is 3. The van der Waals surface area contributed by atoms with E-state index in [9.17, 15) is 4.79 Å². The minimum Gasteiger partial charge on any atom is -0.497 e. The molecular formula is C25H22N2O4. The number of anilines is 1. The van der Waals surface area contributed by atoms with Crippen LogP contribution in [0, 0.1) is 0 Å². The van der Waals surface area contributed by atoms with E-state index in [2.05, 4.69) is 5.32 Å². The maximum atomic E-state index is 13.3. The van der Waals surface area contributed by atoms with Gasteiger partial charge in [0.1, 0.15) is 17.2 Å². The summed E-state index contributed by atoms with van der Waals surface area (Å²) in [6, 6.07) is 22.1. The van der Waals surface area contributed by atoms with Crippen LogP contribution in [0.3, 0.4) is 0 Å². The van der Waals surface area contributed by atoms with Gasteiger partial charge < -0.3 is 19.5 Å². The van der Waals surface area contributed by atoms with Gasteiger partial charge in [-0.3, -0.25) is 4.79 Å². The molecule has 4 rings (SSSR count). The molecule has 0 fully saturated rings. The number of methoxy groups -OCH3 is 3. The highest BCUT2D eigenvalue weighted by molar-refractivity contribution is 6.13. The Labute approximate surface area is 180 Å². The highest BCUT2D eigenvalue weighted by Gasteiger charge is 2.17. The highest BCUT2D eigenvalue weighted by atomic mass is 16.5. The molecule has 0 spiro atoms. The summed E-state index contributed by atoms with van der Waals surface area (Å²) in [7, 11) is 4.76. The van der Waals surface area contributed by atoms with Gasteiger partial charge in [-0.25, -0.2) is 4.98 Å². The maximum Gasteiger partial charge on any atom is 0.256 e. The lowest BCUT2D eigenvalue weighted by atomic mass is 10.0. The van der Waals surface area contributed by atoms with E-state index >= 15 is 0 Å². The number of fused-ring (bicyclic) bond motifs is 1. The van der Waals surface area contributed by atoms with Gasteiger partial charge in [0.2, 0.25) is 0 Å². The first kappa shape index (κ1) is 20.2. The largest absolute Gasteiger partial charge is 0.497 e. The van der Waals surface area contributed by atoms with Crippen molar-refractivity contribution in [1.29, 1.82) is 0 Å². The zero-order chi connectivity index (χ0) is 21.8. The second-order valence-electron chi connectivity index (χ2n) is 6.79. The van der Waals surface area contributed by atoms with Crippen LogP contribution < -0.4 is 19.5 Å². The monoisotopic (exact) mass is 414 g/mol. The number of para-hydroxylation sites is 3. The van der Waals surface area contributed by atoms with Gasteiger partial charge in [-0.2, -0.15) is 0 Å². The Morgan fingerprint density at radius 3 is 2.32 bits per heavy atom. The van der Waals surface area contributed by atoms with Crippen LogP contribution in [-0.2, 0) is 0 Å². The second kappa shape index (κ2) is 8.75. The summed E-state index contributed by atoms with van der Waals surface area (Å²) in [4.78, 5) is 18.1. The lowest BCUT2D eigenvalue weighted by molar-refractivity contribution is 0.102. The van der Waals surface area contributed by atoms with E-state index in [1.807, 2.05) is 48.5 Å². The molecular weight excluding hydrogens is 392 g/mol. The van der Waals surface area contributed by atoms with Crippen LogP contribution in [0.25, 0.3) is 22.2 Å². The molecule has 1 aromatic heterocycles. The van der Waals surface area contributed by atoms with Crippen molar-refractivity contribution in [1.82, 2.24) is 4.98 Å². The zero-order valence-electron chi connectivity index (χ0n) is 17.5. The summed E-state index contributed by atoms with van der Waals surface area (Å²) in [5.41, 5.74) is 3.20. The molecule has 0 saturated heterocycles. The molecule has 3 aromatic carbocycles. The van der Waals surface area contributed by atoms with Crippen molar-refractivity contribution < 1.29 is 19.0 Å². The predicted octanol–water partition coefficient (Wildman–Crippen LogP) is 5.18. The first-order valence-corrected chi connectivity index (χ1v) is 9.71. The van der Waals surface area contributed by atoms with E-state index in [1.165, 1.54) is 0 Å². The summed E-state index contributed by atoms with van der Waals surface area (Å²) in [6.45, 7) is 0. The van der Waals surface area contributed by atoms with Gasteiger partial charge in [-0.05, 0) is 36.4 Å². The first-order valence-electron chi connectivity index (χ1n) is 9.71. The predicted molar refractivity (Wildman–Crippen MR) is 121 cm³/mol. The molecule has 1 amide bonds. The molecule has 4 aromatic rings. The molecule has 0 aliphatic carbocycles. The minimum atomic E-state index is -0.253. The number of nitrogens with one attached hydrogen (secondary N) is 1. The lowest BCUT2D eigenvalue weighted by Gasteiger charge is -2.14. The number of ether oxygens (including phenoxy) is 3. The van der Waals surface area contributed by atoms with Crippen LogP contribution in [0.4, 0.5) is 5.69 Å². The van der Waals surface area contributed by atoms with Gasteiger partial charge in [0.05, 0.1) is 43.8 Å². The summed E-state index contributed by atoms with van der Waals surface area (Å²) in [5, 5.41) is 3.71. The Kier molecular flexibility index (Phi) is 5.71. The van der Waals surface area contributed by atoms with E-state index in [0.717, 1.165) is 10.9 Å². The Morgan fingerprint density at radius 2 is 1.55 bits per heavy atom. The van der Waals surface area contributed by atoms with E-state index in [1.54, 1.807) is 45.6 Å².